The molecule has 0 saturated carbocycles. The van der Waals surface area contributed by atoms with Crippen molar-refractivity contribution in [3.05, 3.63) is 48.5 Å². The number of nitrogens with one attached hydrogen (secondary N) is 1. The summed E-state index contributed by atoms with van der Waals surface area (Å²) in [6, 6.07) is 16.6. The molecule has 0 amide bonds. The summed E-state index contributed by atoms with van der Waals surface area (Å²) in [5.74, 6) is 0.969. The monoisotopic (exact) mass is 303 g/mol. The Labute approximate surface area is 133 Å². The van der Waals surface area contributed by atoms with Gasteiger partial charge < -0.3 is 14.6 Å². The van der Waals surface area contributed by atoms with Crippen LogP contribution in [0.4, 0.5) is 5.82 Å². The zero-order chi connectivity index (χ0) is 15.2. The fraction of sp³-hybridized carbons (Fsp3) is 0.211. The van der Waals surface area contributed by atoms with E-state index in [0.29, 0.717) is 0 Å². The van der Waals surface area contributed by atoms with Gasteiger partial charge in [-0.2, -0.15) is 0 Å². The molecule has 5 rings (SSSR count). The molecule has 1 N–H and O–H groups in total. The summed E-state index contributed by atoms with van der Waals surface area (Å²) in [5.41, 5.74) is 2.86. The van der Waals surface area contributed by atoms with Gasteiger partial charge >= 0.3 is 0 Å². The average molecular weight is 303 g/mol. The van der Waals surface area contributed by atoms with Crippen LogP contribution in [0.25, 0.3) is 32.8 Å². The number of furan rings is 1. The first kappa shape index (κ1) is 12.9. The standard InChI is InChI=1S/C19H17N3O/c1-3-7-15-13(5-1)17-14-6-2-4-8-16(14)23-18(17)19(21-15)22-11-9-20-10-12-22/h1-8,20H,9-12H2. The van der Waals surface area contributed by atoms with Gasteiger partial charge in [0.25, 0.3) is 0 Å². The van der Waals surface area contributed by atoms with Crippen molar-refractivity contribution in [2.75, 3.05) is 31.1 Å². The van der Waals surface area contributed by atoms with Crippen LogP contribution in [0.3, 0.4) is 0 Å². The quantitative estimate of drug-likeness (QED) is 0.584. The van der Waals surface area contributed by atoms with Crippen LogP contribution in [-0.2, 0) is 0 Å². The number of hydrogen-bond donors (Lipinski definition) is 1. The molecule has 0 bridgehead atoms. The highest BCUT2D eigenvalue weighted by atomic mass is 16.3. The van der Waals surface area contributed by atoms with Crippen molar-refractivity contribution in [3.8, 4) is 0 Å². The second-order valence-electron chi connectivity index (χ2n) is 5.99. The van der Waals surface area contributed by atoms with E-state index in [1.807, 2.05) is 18.2 Å². The number of nitrogens with zero attached hydrogens (tertiary/aromatic N) is 2. The maximum atomic E-state index is 6.22. The Bertz CT molecular complexity index is 1020. The van der Waals surface area contributed by atoms with Crippen molar-refractivity contribution < 1.29 is 4.42 Å². The topological polar surface area (TPSA) is 41.3 Å². The minimum absolute atomic E-state index is 0.909. The van der Waals surface area contributed by atoms with E-state index >= 15 is 0 Å². The Kier molecular flexibility index (Phi) is 2.78. The van der Waals surface area contributed by atoms with E-state index in [1.54, 1.807) is 0 Å². The Morgan fingerprint density at radius 2 is 1.65 bits per heavy atom. The molecule has 2 aromatic heterocycles. The SMILES string of the molecule is c1ccc2c(c1)nc(N1CCNCC1)c1oc3ccccc3c12. The number of anilines is 1. The third kappa shape index (κ3) is 1.92. The number of benzene rings is 2. The highest BCUT2D eigenvalue weighted by Gasteiger charge is 2.21. The lowest BCUT2D eigenvalue weighted by Gasteiger charge is -2.28. The smallest absolute Gasteiger partial charge is 0.178 e. The van der Waals surface area contributed by atoms with Crippen LogP contribution in [0.15, 0.2) is 52.9 Å². The van der Waals surface area contributed by atoms with Crippen LogP contribution in [-0.4, -0.2) is 31.2 Å². The normalized spacial score (nSPS) is 15.7. The van der Waals surface area contributed by atoms with Gasteiger partial charge in [-0.15, -0.1) is 0 Å². The van der Waals surface area contributed by atoms with Gasteiger partial charge in [-0.05, 0) is 12.1 Å². The maximum Gasteiger partial charge on any atom is 0.178 e. The van der Waals surface area contributed by atoms with E-state index in [4.69, 9.17) is 9.40 Å². The number of aromatic nitrogens is 1. The number of pyridine rings is 1. The van der Waals surface area contributed by atoms with Crippen molar-refractivity contribution in [2.45, 2.75) is 0 Å². The molecule has 0 spiro atoms. The molecule has 23 heavy (non-hydrogen) atoms. The maximum absolute atomic E-state index is 6.22. The number of para-hydroxylation sites is 2. The molecule has 0 atom stereocenters. The number of fused-ring (bicyclic) bond motifs is 5. The summed E-state index contributed by atoms with van der Waals surface area (Å²) in [7, 11) is 0. The predicted molar refractivity (Wildman–Crippen MR) is 94.1 cm³/mol. The molecule has 1 fully saturated rings. The second-order valence-corrected chi connectivity index (χ2v) is 5.99. The molecule has 114 valence electrons. The first-order valence-electron chi connectivity index (χ1n) is 8.07. The number of rotatable bonds is 1. The van der Waals surface area contributed by atoms with Crippen LogP contribution in [0.5, 0.6) is 0 Å². The van der Waals surface area contributed by atoms with Gasteiger partial charge in [0.1, 0.15) is 5.58 Å². The van der Waals surface area contributed by atoms with Crippen molar-refractivity contribution >= 4 is 38.7 Å². The van der Waals surface area contributed by atoms with Gasteiger partial charge in [0.2, 0.25) is 0 Å². The van der Waals surface area contributed by atoms with Crippen molar-refractivity contribution in [3.63, 3.8) is 0 Å². The van der Waals surface area contributed by atoms with Crippen LogP contribution in [0.2, 0.25) is 0 Å². The first-order valence-corrected chi connectivity index (χ1v) is 8.07. The van der Waals surface area contributed by atoms with Crippen LogP contribution in [0, 0.1) is 0 Å². The van der Waals surface area contributed by atoms with Crippen molar-refractivity contribution in [2.24, 2.45) is 0 Å². The molecule has 0 radical (unpaired) electrons. The molecule has 0 unspecified atom stereocenters. The third-order valence-corrected chi connectivity index (χ3v) is 4.61. The van der Waals surface area contributed by atoms with Crippen molar-refractivity contribution in [1.82, 2.24) is 10.3 Å². The fourth-order valence-electron chi connectivity index (χ4n) is 3.51. The summed E-state index contributed by atoms with van der Waals surface area (Å²) >= 11 is 0. The Hall–Kier alpha value is -2.59. The van der Waals surface area contributed by atoms with Crippen molar-refractivity contribution in [1.29, 1.82) is 0 Å². The average Bonchev–Trinajstić information content (AvgIpc) is 3.01. The molecule has 4 nitrogen and oxygen atoms in total. The minimum atomic E-state index is 0.909. The first-order chi connectivity index (χ1) is 11.4. The molecule has 3 heterocycles. The molecule has 1 aliphatic rings. The number of piperazine rings is 1. The Morgan fingerprint density at radius 3 is 2.52 bits per heavy atom. The summed E-state index contributed by atoms with van der Waals surface area (Å²) in [5, 5.41) is 6.90. The lowest BCUT2D eigenvalue weighted by Crippen LogP contribution is -2.43. The molecule has 2 aromatic carbocycles. The van der Waals surface area contributed by atoms with Crippen LogP contribution < -0.4 is 10.2 Å². The zero-order valence-electron chi connectivity index (χ0n) is 12.7. The summed E-state index contributed by atoms with van der Waals surface area (Å²) < 4.78 is 6.22. The number of hydrogen-bond acceptors (Lipinski definition) is 4. The van der Waals surface area contributed by atoms with Gasteiger partial charge in [-0.1, -0.05) is 36.4 Å². The molecule has 4 aromatic rings. The summed E-state index contributed by atoms with van der Waals surface area (Å²) in [4.78, 5) is 7.25. The fourth-order valence-corrected chi connectivity index (χ4v) is 3.51. The lowest BCUT2D eigenvalue weighted by atomic mass is 10.1. The Morgan fingerprint density at radius 1 is 0.913 bits per heavy atom. The second kappa shape index (κ2) is 4.96. The zero-order valence-corrected chi connectivity index (χ0v) is 12.7. The van der Waals surface area contributed by atoms with E-state index in [-0.39, 0.29) is 0 Å². The van der Waals surface area contributed by atoms with E-state index in [1.165, 1.54) is 5.39 Å². The summed E-state index contributed by atoms with van der Waals surface area (Å²) in [6.07, 6.45) is 0. The van der Waals surface area contributed by atoms with E-state index in [2.05, 4.69) is 40.5 Å². The van der Waals surface area contributed by atoms with Crippen LogP contribution >= 0.6 is 0 Å². The molecular weight excluding hydrogens is 286 g/mol. The lowest BCUT2D eigenvalue weighted by molar-refractivity contribution is 0.581. The van der Waals surface area contributed by atoms with E-state index in [0.717, 1.165) is 59.5 Å². The minimum Gasteiger partial charge on any atom is -0.452 e. The predicted octanol–water partition coefficient (Wildman–Crippen LogP) is 3.54. The van der Waals surface area contributed by atoms with Gasteiger partial charge in [0, 0.05) is 42.3 Å². The molecular formula is C19H17N3O. The molecule has 1 saturated heterocycles. The Balaban J connectivity index is 1.92. The molecule has 0 aliphatic carbocycles. The van der Waals surface area contributed by atoms with Gasteiger partial charge in [-0.3, -0.25) is 0 Å². The van der Waals surface area contributed by atoms with Gasteiger partial charge in [0.05, 0.1) is 5.52 Å². The highest BCUT2D eigenvalue weighted by Crippen LogP contribution is 2.38. The van der Waals surface area contributed by atoms with Gasteiger partial charge in [-0.25, -0.2) is 4.98 Å². The van der Waals surface area contributed by atoms with Crippen LogP contribution in [0.1, 0.15) is 0 Å². The van der Waals surface area contributed by atoms with Gasteiger partial charge in [0.15, 0.2) is 11.4 Å². The molecule has 4 heteroatoms. The molecule has 1 aliphatic heterocycles. The third-order valence-electron chi connectivity index (χ3n) is 4.61. The largest absolute Gasteiger partial charge is 0.452 e. The summed E-state index contributed by atoms with van der Waals surface area (Å²) in [6.45, 7) is 3.88. The van der Waals surface area contributed by atoms with E-state index < -0.39 is 0 Å². The highest BCUT2D eigenvalue weighted by molar-refractivity contribution is 6.20. The van der Waals surface area contributed by atoms with E-state index in [9.17, 15) is 0 Å².